The van der Waals surface area contributed by atoms with Crippen LogP contribution in [0.15, 0.2) is 66.7 Å². The summed E-state index contributed by atoms with van der Waals surface area (Å²) in [5, 5.41) is 30.6. The Balaban J connectivity index is 1.96. The first-order valence-corrected chi connectivity index (χ1v) is 8.98. The van der Waals surface area contributed by atoms with Crippen molar-refractivity contribution in [2.45, 2.75) is 25.0 Å². The molecule has 0 saturated heterocycles. The Bertz CT molecular complexity index is 995. The summed E-state index contributed by atoms with van der Waals surface area (Å²) in [6, 6.07) is 17.9. The molecular formula is C23H21FO4. The fourth-order valence-electron chi connectivity index (χ4n) is 3.21. The van der Waals surface area contributed by atoms with Crippen LogP contribution in [-0.2, 0) is 4.79 Å². The van der Waals surface area contributed by atoms with Crippen LogP contribution in [0.2, 0.25) is 0 Å². The zero-order valence-corrected chi connectivity index (χ0v) is 15.1. The molecule has 5 heteroatoms. The summed E-state index contributed by atoms with van der Waals surface area (Å²) in [5.74, 6) is -1.43. The Kier molecular flexibility index (Phi) is 6.19. The van der Waals surface area contributed by atoms with Gasteiger partial charge in [-0.1, -0.05) is 60.7 Å². The van der Waals surface area contributed by atoms with E-state index < -0.39 is 24.6 Å². The molecule has 0 saturated carbocycles. The van der Waals surface area contributed by atoms with Gasteiger partial charge in [0.1, 0.15) is 5.82 Å². The first kappa shape index (κ1) is 19.7. The minimum absolute atomic E-state index is 0.0700. The Morgan fingerprint density at radius 1 is 1.00 bits per heavy atom. The molecule has 0 aliphatic heterocycles. The van der Waals surface area contributed by atoms with E-state index in [4.69, 9.17) is 5.11 Å². The molecule has 0 aliphatic carbocycles. The van der Waals surface area contributed by atoms with Crippen LogP contribution in [0.3, 0.4) is 0 Å². The Morgan fingerprint density at radius 3 is 2.43 bits per heavy atom. The summed E-state index contributed by atoms with van der Waals surface area (Å²) in [6.45, 7) is 0. The molecule has 2 unspecified atom stereocenters. The van der Waals surface area contributed by atoms with Gasteiger partial charge in [-0.2, -0.15) is 0 Å². The highest BCUT2D eigenvalue weighted by Crippen LogP contribution is 2.31. The Hall–Kier alpha value is -3.02. The molecule has 0 spiro atoms. The van der Waals surface area contributed by atoms with E-state index in [0.29, 0.717) is 0 Å². The molecule has 0 radical (unpaired) electrons. The molecule has 3 N–H and O–H groups in total. The number of hydrogen-bond donors (Lipinski definition) is 3. The fraction of sp³-hybridized carbons (Fsp3) is 0.174. The lowest BCUT2D eigenvalue weighted by Crippen LogP contribution is -2.19. The number of aliphatic carboxylic acids is 1. The SMILES string of the molecule is O=C(O)CC(O)CC(O)/C=C/c1c(-c2ccc(F)cc2)ccc2ccccc12. The van der Waals surface area contributed by atoms with Crippen molar-refractivity contribution in [2.75, 3.05) is 0 Å². The largest absolute Gasteiger partial charge is 0.481 e. The molecule has 0 heterocycles. The van der Waals surface area contributed by atoms with Crippen LogP contribution < -0.4 is 0 Å². The number of carboxylic acids is 1. The number of benzene rings is 3. The summed E-state index contributed by atoms with van der Waals surface area (Å²) in [5.41, 5.74) is 2.58. The van der Waals surface area contributed by atoms with E-state index >= 15 is 0 Å². The average Bonchev–Trinajstić information content (AvgIpc) is 2.66. The standard InChI is InChI=1S/C23H21FO4/c24-17-8-5-16(6-9-17)21-11-7-15-3-1-2-4-20(15)22(21)12-10-18(25)13-19(26)14-23(27)28/h1-12,18-19,25-26H,13-14H2,(H,27,28)/b12-10+. The third kappa shape index (κ3) is 4.82. The van der Waals surface area contributed by atoms with E-state index in [-0.39, 0.29) is 12.2 Å². The number of aliphatic hydroxyl groups excluding tert-OH is 2. The molecule has 0 bridgehead atoms. The third-order valence-electron chi connectivity index (χ3n) is 4.53. The summed E-state index contributed by atoms with van der Waals surface area (Å²) in [4.78, 5) is 10.7. The lowest BCUT2D eigenvalue weighted by Gasteiger charge is -2.13. The van der Waals surface area contributed by atoms with Crippen molar-refractivity contribution in [3.8, 4) is 11.1 Å². The van der Waals surface area contributed by atoms with E-state index in [0.717, 1.165) is 27.5 Å². The van der Waals surface area contributed by atoms with Crippen molar-refractivity contribution in [1.29, 1.82) is 0 Å². The van der Waals surface area contributed by atoms with Crippen molar-refractivity contribution in [1.82, 2.24) is 0 Å². The van der Waals surface area contributed by atoms with Gasteiger partial charge in [0.05, 0.1) is 18.6 Å². The highest BCUT2D eigenvalue weighted by Gasteiger charge is 2.14. The summed E-state index contributed by atoms with van der Waals surface area (Å²) >= 11 is 0. The van der Waals surface area contributed by atoms with Gasteiger partial charge in [0.15, 0.2) is 0 Å². The zero-order chi connectivity index (χ0) is 20.1. The predicted octanol–water partition coefficient (Wildman–Crippen LogP) is 4.25. The van der Waals surface area contributed by atoms with E-state index in [1.165, 1.54) is 12.1 Å². The van der Waals surface area contributed by atoms with E-state index in [1.54, 1.807) is 24.3 Å². The van der Waals surface area contributed by atoms with Gasteiger partial charge in [-0.3, -0.25) is 4.79 Å². The molecule has 3 rings (SSSR count). The maximum Gasteiger partial charge on any atom is 0.305 e. The van der Waals surface area contributed by atoms with E-state index in [2.05, 4.69) is 0 Å². The number of hydrogen-bond acceptors (Lipinski definition) is 3. The van der Waals surface area contributed by atoms with Crippen LogP contribution >= 0.6 is 0 Å². The van der Waals surface area contributed by atoms with Gasteiger partial charge in [-0.05, 0) is 39.6 Å². The summed E-state index contributed by atoms with van der Waals surface area (Å²) in [6.07, 6.45) is 0.703. The number of halogens is 1. The second-order valence-electron chi connectivity index (χ2n) is 6.67. The molecule has 28 heavy (non-hydrogen) atoms. The zero-order valence-electron chi connectivity index (χ0n) is 15.1. The van der Waals surface area contributed by atoms with Crippen molar-refractivity contribution in [2.24, 2.45) is 0 Å². The van der Waals surface area contributed by atoms with Crippen molar-refractivity contribution < 1.29 is 24.5 Å². The summed E-state index contributed by atoms with van der Waals surface area (Å²) < 4.78 is 13.3. The predicted molar refractivity (Wildman–Crippen MR) is 107 cm³/mol. The lowest BCUT2D eigenvalue weighted by atomic mass is 9.93. The van der Waals surface area contributed by atoms with Gasteiger partial charge >= 0.3 is 5.97 Å². The molecule has 2 atom stereocenters. The molecule has 3 aromatic rings. The fourth-order valence-corrected chi connectivity index (χ4v) is 3.21. The highest BCUT2D eigenvalue weighted by atomic mass is 19.1. The van der Waals surface area contributed by atoms with Crippen LogP contribution in [0.25, 0.3) is 28.0 Å². The molecule has 4 nitrogen and oxygen atoms in total. The molecule has 0 fully saturated rings. The van der Waals surface area contributed by atoms with Crippen LogP contribution in [0.5, 0.6) is 0 Å². The van der Waals surface area contributed by atoms with Crippen molar-refractivity contribution in [3.05, 3.63) is 78.1 Å². The minimum atomic E-state index is -1.12. The number of carboxylic acid groups (broad SMARTS) is 1. The van der Waals surface area contributed by atoms with Gasteiger partial charge in [0, 0.05) is 6.42 Å². The first-order chi connectivity index (χ1) is 13.4. The first-order valence-electron chi connectivity index (χ1n) is 8.98. The van der Waals surface area contributed by atoms with Crippen molar-refractivity contribution >= 4 is 22.8 Å². The number of aliphatic hydroxyl groups is 2. The smallest absolute Gasteiger partial charge is 0.305 e. The van der Waals surface area contributed by atoms with Gasteiger partial charge < -0.3 is 15.3 Å². The third-order valence-corrected chi connectivity index (χ3v) is 4.53. The van der Waals surface area contributed by atoms with Gasteiger partial charge in [0.25, 0.3) is 0 Å². The van der Waals surface area contributed by atoms with E-state index in [9.17, 15) is 19.4 Å². The van der Waals surface area contributed by atoms with Crippen LogP contribution in [0.4, 0.5) is 4.39 Å². The van der Waals surface area contributed by atoms with Gasteiger partial charge in [0.2, 0.25) is 0 Å². The van der Waals surface area contributed by atoms with E-state index in [1.807, 2.05) is 36.4 Å². The second-order valence-corrected chi connectivity index (χ2v) is 6.67. The number of fused-ring (bicyclic) bond motifs is 1. The molecule has 0 amide bonds. The topological polar surface area (TPSA) is 77.8 Å². The number of carbonyl (C=O) groups is 1. The molecule has 0 aromatic heterocycles. The Labute approximate surface area is 162 Å². The van der Waals surface area contributed by atoms with Gasteiger partial charge in [-0.25, -0.2) is 4.39 Å². The lowest BCUT2D eigenvalue weighted by molar-refractivity contribution is -0.139. The normalized spacial score (nSPS) is 13.7. The monoisotopic (exact) mass is 380 g/mol. The average molecular weight is 380 g/mol. The second kappa shape index (κ2) is 8.78. The summed E-state index contributed by atoms with van der Waals surface area (Å²) in [7, 11) is 0. The van der Waals surface area contributed by atoms with Crippen LogP contribution in [0, 0.1) is 5.82 Å². The molecular weight excluding hydrogens is 359 g/mol. The highest BCUT2D eigenvalue weighted by molar-refractivity contribution is 5.97. The van der Waals surface area contributed by atoms with Crippen LogP contribution in [0.1, 0.15) is 18.4 Å². The molecule has 144 valence electrons. The van der Waals surface area contributed by atoms with Gasteiger partial charge in [-0.15, -0.1) is 0 Å². The molecule has 0 aliphatic rings. The quantitative estimate of drug-likeness (QED) is 0.573. The number of rotatable bonds is 7. The van der Waals surface area contributed by atoms with Crippen LogP contribution in [-0.4, -0.2) is 33.5 Å². The maximum atomic E-state index is 13.3. The Morgan fingerprint density at radius 2 is 1.71 bits per heavy atom. The van der Waals surface area contributed by atoms with Crippen molar-refractivity contribution in [3.63, 3.8) is 0 Å². The molecule has 3 aromatic carbocycles. The minimum Gasteiger partial charge on any atom is -0.481 e. The maximum absolute atomic E-state index is 13.3.